The van der Waals surface area contributed by atoms with Gasteiger partial charge in [-0.25, -0.2) is 0 Å². The fourth-order valence-corrected chi connectivity index (χ4v) is 3.88. The third-order valence-electron chi connectivity index (χ3n) is 5.51. The molecule has 0 spiro atoms. The molecule has 0 saturated carbocycles. The molecule has 1 heterocycles. The van der Waals surface area contributed by atoms with Crippen LogP contribution < -0.4 is 0 Å². The van der Waals surface area contributed by atoms with E-state index in [4.69, 9.17) is 0 Å². The van der Waals surface area contributed by atoms with Gasteiger partial charge in [0.05, 0.1) is 17.2 Å². The number of rotatable bonds is 4. The van der Waals surface area contributed by atoms with Crippen molar-refractivity contribution in [1.29, 1.82) is 0 Å². The number of carbonyl (C=O) groups excluding carboxylic acids is 2. The average molecular weight is 484 g/mol. The van der Waals surface area contributed by atoms with Crippen LogP contribution in [0.5, 0.6) is 0 Å². The second-order valence-corrected chi connectivity index (χ2v) is 7.92. The van der Waals surface area contributed by atoms with Crippen LogP contribution in [0.25, 0.3) is 0 Å². The molecule has 1 fully saturated rings. The van der Waals surface area contributed by atoms with Gasteiger partial charge in [0.1, 0.15) is 0 Å². The summed E-state index contributed by atoms with van der Waals surface area (Å²) in [5.41, 5.74) is -2.99. The molecular weight excluding hydrogens is 462 g/mol. The molecule has 1 saturated heterocycles. The first-order valence-electron chi connectivity index (χ1n) is 10.5. The molecule has 0 aliphatic carbocycles. The van der Waals surface area contributed by atoms with E-state index in [-0.39, 0.29) is 38.0 Å². The number of alkyl halides is 6. The van der Waals surface area contributed by atoms with E-state index in [0.29, 0.717) is 12.1 Å². The molecule has 0 unspecified atom stereocenters. The van der Waals surface area contributed by atoms with Crippen LogP contribution in [-0.4, -0.2) is 47.3 Å². The minimum absolute atomic E-state index is 0.00802. The summed E-state index contributed by atoms with van der Waals surface area (Å²) in [6.07, 6.45) is -6.92. The zero-order valence-electron chi connectivity index (χ0n) is 18.2. The molecule has 0 aromatic heterocycles. The third-order valence-corrected chi connectivity index (χ3v) is 5.51. The summed E-state index contributed by atoms with van der Waals surface area (Å²) >= 11 is 0. The van der Waals surface area contributed by atoms with Crippen LogP contribution in [0.15, 0.2) is 60.7 Å². The van der Waals surface area contributed by atoms with E-state index in [2.05, 4.69) is 0 Å². The maximum absolute atomic E-state index is 13.3. The molecule has 34 heavy (non-hydrogen) atoms. The summed E-state index contributed by atoms with van der Waals surface area (Å²) in [4.78, 5) is 28.3. The van der Waals surface area contributed by atoms with Crippen LogP contribution in [0.4, 0.5) is 26.3 Å². The van der Waals surface area contributed by atoms with Gasteiger partial charge in [-0.2, -0.15) is 26.3 Å². The van der Waals surface area contributed by atoms with E-state index in [0.717, 1.165) is 5.56 Å². The van der Waals surface area contributed by atoms with Crippen molar-refractivity contribution in [3.63, 3.8) is 0 Å². The van der Waals surface area contributed by atoms with E-state index >= 15 is 0 Å². The first kappa shape index (κ1) is 25.3. The third kappa shape index (κ3) is 5.98. The highest BCUT2D eigenvalue weighted by atomic mass is 19.4. The van der Waals surface area contributed by atoms with E-state index in [1.807, 2.05) is 0 Å². The number of nitrogens with zero attached hydrogens (tertiary/aromatic N) is 2. The van der Waals surface area contributed by atoms with Crippen molar-refractivity contribution in [2.75, 3.05) is 19.6 Å². The van der Waals surface area contributed by atoms with Gasteiger partial charge in [0.25, 0.3) is 5.91 Å². The van der Waals surface area contributed by atoms with Crippen molar-refractivity contribution in [3.8, 4) is 0 Å². The SMILES string of the molecule is CC=CC(=O)N1CCN(C(=O)c2cc(C(F)(F)F)cc(C(F)(F)F)c2)[C@H](Cc2ccccc2)C1. The molecule has 1 atom stereocenters. The van der Waals surface area contributed by atoms with Gasteiger partial charge in [-0.3, -0.25) is 9.59 Å². The Morgan fingerprint density at radius 2 is 1.53 bits per heavy atom. The van der Waals surface area contributed by atoms with Gasteiger partial charge in [0, 0.05) is 25.2 Å². The van der Waals surface area contributed by atoms with Gasteiger partial charge >= 0.3 is 12.4 Å². The van der Waals surface area contributed by atoms with Gasteiger partial charge < -0.3 is 9.80 Å². The number of amides is 2. The fraction of sp³-hybridized carbons (Fsp3) is 0.333. The van der Waals surface area contributed by atoms with Gasteiger partial charge in [-0.1, -0.05) is 36.4 Å². The van der Waals surface area contributed by atoms with Crippen molar-refractivity contribution in [3.05, 3.63) is 82.9 Å². The highest BCUT2D eigenvalue weighted by Gasteiger charge is 2.39. The molecule has 1 aliphatic rings. The first-order valence-corrected chi connectivity index (χ1v) is 10.5. The number of hydrogen-bond donors (Lipinski definition) is 0. The molecular formula is C24H22F6N2O2. The van der Waals surface area contributed by atoms with Crippen LogP contribution in [0.3, 0.4) is 0 Å². The minimum Gasteiger partial charge on any atom is -0.335 e. The number of benzene rings is 2. The average Bonchev–Trinajstić information content (AvgIpc) is 2.78. The quantitative estimate of drug-likeness (QED) is 0.443. The van der Waals surface area contributed by atoms with Crippen molar-refractivity contribution >= 4 is 11.8 Å². The molecule has 0 bridgehead atoms. The molecule has 2 aromatic carbocycles. The van der Waals surface area contributed by atoms with Gasteiger partial charge in [0.2, 0.25) is 5.91 Å². The van der Waals surface area contributed by atoms with Crippen LogP contribution in [0, 0.1) is 0 Å². The van der Waals surface area contributed by atoms with Gasteiger partial charge in [0.15, 0.2) is 0 Å². The fourth-order valence-electron chi connectivity index (χ4n) is 3.88. The minimum atomic E-state index is -5.06. The Morgan fingerprint density at radius 3 is 2.06 bits per heavy atom. The lowest BCUT2D eigenvalue weighted by Gasteiger charge is -2.41. The van der Waals surface area contributed by atoms with Crippen molar-refractivity contribution in [2.45, 2.75) is 31.7 Å². The zero-order valence-corrected chi connectivity index (χ0v) is 18.2. The number of allylic oxidation sites excluding steroid dienone is 1. The van der Waals surface area contributed by atoms with Crippen LogP contribution in [0.1, 0.15) is 34.0 Å². The summed E-state index contributed by atoms with van der Waals surface area (Å²) in [7, 11) is 0. The molecule has 3 rings (SSSR count). The lowest BCUT2D eigenvalue weighted by Crippen LogP contribution is -2.57. The molecule has 2 aromatic rings. The lowest BCUT2D eigenvalue weighted by molar-refractivity contribution is -0.143. The number of carbonyl (C=O) groups is 2. The van der Waals surface area contributed by atoms with Gasteiger partial charge in [-0.05, 0) is 43.2 Å². The first-order chi connectivity index (χ1) is 15.9. The molecule has 182 valence electrons. The smallest absolute Gasteiger partial charge is 0.335 e. The maximum Gasteiger partial charge on any atom is 0.416 e. The van der Waals surface area contributed by atoms with E-state index in [9.17, 15) is 35.9 Å². The molecule has 0 N–H and O–H groups in total. The Balaban J connectivity index is 1.98. The standard InChI is InChI=1S/C24H22F6N2O2/c1-2-6-21(33)31-9-10-32(20(15-31)11-16-7-4-3-5-8-16)22(34)17-12-18(23(25,26)27)14-19(13-17)24(28,29)30/h2-8,12-14,20H,9-11,15H2,1H3/t20-/m1/s1. The number of piperazine rings is 1. The Bertz CT molecular complexity index is 1030. The van der Waals surface area contributed by atoms with Gasteiger partial charge in [-0.15, -0.1) is 0 Å². The highest BCUT2D eigenvalue weighted by Crippen LogP contribution is 2.36. The zero-order chi connectivity index (χ0) is 25.1. The Morgan fingerprint density at radius 1 is 0.941 bits per heavy atom. The van der Waals surface area contributed by atoms with E-state index in [1.54, 1.807) is 43.3 Å². The number of hydrogen-bond acceptors (Lipinski definition) is 2. The Kier molecular flexibility index (Phi) is 7.38. The Hall–Kier alpha value is -3.30. The summed E-state index contributed by atoms with van der Waals surface area (Å²) < 4.78 is 79.7. The van der Waals surface area contributed by atoms with Crippen molar-refractivity contribution in [1.82, 2.24) is 9.80 Å². The molecule has 2 amide bonds. The van der Waals surface area contributed by atoms with Crippen LogP contribution in [-0.2, 0) is 23.6 Å². The second-order valence-electron chi connectivity index (χ2n) is 7.92. The number of halogens is 6. The maximum atomic E-state index is 13.3. The molecule has 4 nitrogen and oxygen atoms in total. The van der Waals surface area contributed by atoms with Crippen molar-refractivity contribution < 1.29 is 35.9 Å². The summed E-state index contributed by atoms with van der Waals surface area (Å²) in [5, 5.41) is 0. The largest absolute Gasteiger partial charge is 0.416 e. The van der Waals surface area contributed by atoms with E-state index in [1.165, 1.54) is 15.9 Å². The second kappa shape index (κ2) is 9.90. The van der Waals surface area contributed by atoms with Crippen LogP contribution in [0.2, 0.25) is 0 Å². The monoisotopic (exact) mass is 484 g/mol. The predicted molar refractivity (Wildman–Crippen MR) is 113 cm³/mol. The van der Waals surface area contributed by atoms with Crippen molar-refractivity contribution in [2.24, 2.45) is 0 Å². The highest BCUT2D eigenvalue weighted by molar-refractivity contribution is 5.95. The normalized spacial score (nSPS) is 17.3. The topological polar surface area (TPSA) is 40.6 Å². The van der Waals surface area contributed by atoms with Crippen LogP contribution >= 0.6 is 0 Å². The summed E-state index contributed by atoms with van der Waals surface area (Å²) in [6, 6.07) is 9.15. The molecule has 0 radical (unpaired) electrons. The van der Waals surface area contributed by atoms with E-state index < -0.39 is 41.0 Å². The Labute approximate surface area is 192 Å². The summed E-state index contributed by atoms with van der Waals surface area (Å²) in [5.74, 6) is -1.23. The summed E-state index contributed by atoms with van der Waals surface area (Å²) in [6.45, 7) is 1.84. The molecule has 1 aliphatic heterocycles. The lowest BCUT2D eigenvalue weighted by atomic mass is 9.99. The molecule has 10 heteroatoms. The predicted octanol–water partition coefficient (Wildman–Crippen LogP) is 5.20.